The first kappa shape index (κ1) is 17.6. The zero-order valence-corrected chi connectivity index (χ0v) is 13.7. The summed E-state index contributed by atoms with van der Waals surface area (Å²) in [5.41, 5.74) is 0.397. The molecular weight excluding hydrogens is 340 g/mol. The highest BCUT2D eigenvalue weighted by molar-refractivity contribution is 9.10. The van der Waals surface area contributed by atoms with Crippen LogP contribution in [0.15, 0.2) is 22.9 Å². The van der Waals surface area contributed by atoms with Crippen molar-refractivity contribution in [3.63, 3.8) is 0 Å². The molecule has 0 saturated carbocycles. The Kier molecular flexibility index (Phi) is 7.31. The predicted octanol–water partition coefficient (Wildman–Crippen LogP) is 1.62. The van der Waals surface area contributed by atoms with Crippen molar-refractivity contribution in [3.05, 3.63) is 28.5 Å². The molecule has 0 aromatic carbocycles. The zero-order chi connectivity index (χ0) is 15.8. The second-order valence-corrected chi connectivity index (χ2v) is 5.46. The molecule has 0 spiro atoms. The van der Waals surface area contributed by atoms with Gasteiger partial charge in [0.2, 0.25) is 0 Å². The molecule has 1 rings (SSSR count). The summed E-state index contributed by atoms with van der Waals surface area (Å²) in [6, 6.07) is 1.65. The highest BCUT2D eigenvalue weighted by Crippen LogP contribution is 2.12. The highest BCUT2D eigenvalue weighted by atomic mass is 79.9. The minimum Gasteiger partial charge on any atom is -0.466 e. The summed E-state index contributed by atoms with van der Waals surface area (Å²) in [4.78, 5) is 29.2. The number of ether oxygens (including phenoxy) is 1. The van der Waals surface area contributed by atoms with Crippen LogP contribution < -0.4 is 0 Å². The second-order valence-electron chi connectivity index (χ2n) is 4.55. The lowest BCUT2D eigenvalue weighted by atomic mass is 10.2. The fraction of sp³-hybridized carbons (Fsp3) is 0.500. The molecule has 7 heteroatoms. The quantitative estimate of drug-likeness (QED) is 0.749. The van der Waals surface area contributed by atoms with E-state index in [2.05, 4.69) is 20.9 Å². The van der Waals surface area contributed by atoms with Crippen molar-refractivity contribution >= 4 is 27.8 Å². The van der Waals surface area contributed by atoms with Crippen molar-refractivity contribution in [2.24, 2.45) is 0 Å². The van der Waals surface area contributed by atoms with Gasteiger partial charge in [-0.25, -0.2) is 0 Å². The summed E-state index contributed by atoms with van der Waals surface area (Å²) in [5, 5.41) is 9.51. The predicted molar refractivity (Wildman–Crippen MR) is 80.8 cm³/mol. The molecule has 1 unspecified atom stereocenters. The fourth-order valence-corrected chi connectivity index (χ4v) is 2.13. The number of hydrogen-bond acceptors (Lipinski definition) is 5. The average molecular weight is 359 g/mol. The standard InChI is InChI=1S/C14H19BrN2O4/c1-3-21-13(19)4-5-17(9-10(2)18)14(20)11-6-12(15)8-16-7-11/h6-8,10,18H,3-5,9H2,1-2H3. The topological polar surface area (TPSA) is 79.7 Å². The van der Waals surface area contributed by atoms with E-state index in [1.807, 2.05) is 0 Å². The molecule has 1 amide bonds. The highest BCUT2D eigenvalue weighted by Gasteiger charge is 2.19. The monoisotopic (exact) mass is 358 g/mol. The number of halogens is 1. The van der Waals surface area contributed by atoms with Crippen LogP contribution in [0.4, 0.5) is 0 Å². The molecule has 0 aliphatic heterocycles. The van der Waals surface area contributed by atoms with Crippen molar-refractivity contribution in [1.82, 2.24) is 9.88 Å². The molecule has 0 radical (unpaired) electrons. The van der Waals surface area contributed by atoms with E-state index in [0.717, 1.165) is 0 Å². The molecule has 0 bridgehead atoms. The third-order valence-corrected chi connectivity index (χ3v) is 3.05. The van der Waals surface area contributed by atoms with E-state index in [0.29, 0.717) is 16.6 Å². The van der Waals surface area contributed by atoms with Gasteiger partial charge in [-0.1, -0.05) is 0 Å². The Labute approximate surface area is 132 Å². The lowest BCUT2D eigenvalue weighted by molar-refractivity contribution is -0.143. The molecule has 0 saturated heterocycles. The van der Waals surface area contributed by atoms with E-state index in [-0.39, 0.29) is 31.4 Å². The molecule has 1 atom stereocenters. The Hall–Kier alpha value is -1.47. The molecular formula is C14H19BrN2O4. The number of amides is 1. The Morgan fingerprint density at radius 2 is 2.19 bits per heavy atom. The minimum atomic E-state index is -0.684. The fourth-order valence-electron chi connectivity index (χ4n) is 1.77. The van der Waals surface area contributed by atoms with Crippen molar-refractivity contribution in [2.75, 3.05) is 19.7 Å². The van der Waals surface area contributed by atoms with Gasteiger partial charge in [0.15, 0.2) is 0 Å². The summed E-state index contributed by atoms with van der Waals surface area (Å²) < 4.78 is 5.53. The van der Waals surface area contributed by atoms with Crippen LogP contribution in [0.25, 0.3) is 0 Å². The van der Waals surface area contributed by atoms with E-state index in [1.54, 1.807) is 26.1 Å². The van der Waals surface area contributed by atoms with Crippen LogP contribution >= 0.6 is 15.9 Å². The van der Waals surface area contributed by atoms with Crippen molar-refractivity contribution in [1.29, 1.82) is 0 Å². The van der Waals surface area contributed by atoms with Crippen LogP contribution in [-0.4, -0.2) is 52.7 Å². The molecule has 0 fully saturated rings. The Morgan fingerprint density at radius 1 is 1.48 bits per heavy atom. The van der Waals surface area contributed by atoms with Crippen molar-refractivity contribution in [2.45, 2.75) is 26.4 Å². The molecule has 1 aromatic heterocycles. The van der Waals surface area contributed by atoms with Gasteiger partial charge in [-0.2, -0.15) is 0 Å². The van der Waals surface area contributed by atoms with Crippen LogP contribution in [0.1, 0.15) is 30.6 Å². The van der Waals surface area contributed by atoms with Gasteiger partial charge >= 0.3 is 5.97 Å². The number of rotatable bonds is 7. The van der Waals surface area contributed by atoms with Gasteiger partial charge in [0, 0.05) is 30.0 Å². The first-order chi connectivity index (χ1) is 9.93. The summed E-state index contributed by atoms with van der Waals surface area (Å²) in [6.45, 7) is 3.95. The van der Waals surface area contributed by atoms with E-state index < -0.39 is 6.10 Å². The minimum absolute atomic E-state index is 0.0910. The molecule has 0 aliphatic carbocycles. The molecule has 1 aromatic rings. The van der Waals surface area contributed by atoms with Crippen molar-refractivity contribution in [3.8, 4) is 0 Å². The molecule has 21 heavy (non-hydrogen) atoms. The summed E-state index contributed by atoms with van der Waals surface area (Å²) in [6.07, 6.45) is 2.44. The number of nitrogens with zero attached hydrogens (tertiary/aromatic N) is 2. The number of aliphatic hydroxyl groups is 1. The summed E-state index contributed by atoms with van der Waals surface area (Å²) in [7, 11) is 0. The van der Waals surface area contributed by atoms with Crippen LogP contribution in [0, 0.1) is 0 Å². The maximum Gasteiger partial charge on any atom is 0.307 e. The summed E-state index contributed by atoms with van der Waals surface area (Å²) in [5.74, 6) is -0.651. The molecule has 1 heterocycles. The van der Waals surface area contributed by atoms with Gasteiger partial charge in [-0.15, -0.1) is 0 Å². The lowest BCUT2D eigenvalue weighted by Gasteiger charge is -2.23. The van der Waals surface area contributed by atoms with Gasteiger partial charge in [-0.3, -0.25) is 14.6 Å². The number of carbonyl (C=O) groups excluding carboxylic acids is 2. The van der Waals surface area contributed by atoms with E-state index in [1.165, 1.54) is 11.1 Å². The zero-order valence-electron chi connectivity index (χ0n) is 12.1. The number of carbonyl (C=O) groups is 2. The van der Waals surface area contributed by atoms with Crippen molar-refractivity contribution < 1.29 is 19.4 Å². The Morgan fingerprint density at radius 3 is 2.76 bits per heavy atom. The largest absolute Gasteiger partial charge is 0.466 e. The number of aliphatic hydroxyl groups excluding tert-OH is 1. The first-order valence-corrected chi connectivity index (χ1v) is 7.46. The molecule has 0 aliphatic rings. The summed E-state index contributed by atoms with van der Waals surface area (Å²) >= 11 is 3.26. The smallest absolute Gasteiger partial charge is 0.307 e. The third kappa shape index (κ3) is 6.22. The maximum absolute atomic E-state index is 12.4. The number of hydrogen-bond donors (Lipinski definition) is 1. The van der Waals surface area contributed by atoms with Crippen LogP contribution in [0.3, 0.4) is 0 Å². The van der Waals surface area contributed by atoms with Crippen LogP contribution in [-0.2, 0) is 9.53 Å². The van der Waals surface area contributed by atoms with E-state index in [4.69, 9.17) is 4.74 Å². The number of esters is 1. The van der Waals surface area contributed by atoms with Gasteiger partial charge in [0.05, 0.1) is 24.7 Å². The van der Waals surface area contributed by atoms with E-state index in [9.17, 15) is 14.7 Å². The maximum atomic E-state index is 12.4. The Bertz CT molecular complexity index is 494. The number of aromatic nitrogens is 1. The second kappa shape index (κ2) is 8.74. The molecule has 1 N–H and O–H groups in total. The van der Waals surface area contributed by atoms with Gasteiger partial charge < -0.3 is 14.7 Å². The van der Waals surface area contributed by atoms with Gasteiger partial charge in [-0.05, 0) is 35.8 Å². The molecule has 6 nitrogen and oxygen atoms in total. The van der Waals surface area contributed by atoms with Gasteiger partial charge in [0.1, 0.15) is 0 Å². The van der Waals surface area contributed by atoms with Crippen LogP contribution in [0.2, 0.25) is 0 Å². The van der Waals surface area contributed by atoms with E-state index >= 15 is 0 Å². The van der Waals surface area contributed by atoms with Crippen LogP contribution in [0.5, 0.6) is 0 Å². The number of pyridine rings is 1. The molecule has 116 valence electrons. The first-order valence-electron chi connectivity index (χ1n) is 6.67. The normalized spacial score (nSPS) is 11.8. The van der Waals surface area contributed by atoms with Gasteiger partial charge in [0.25, 0.3) is 5.91 Å². The lowest BCUT2D eigenvalue weighted by Crippen LogP contribution is -2.38. The third-order valence-electron chi connectivity index (χ3n) is 2.61. The average Bonchev–Trinajstić information content (AvgIpc) is 2.42. The SMILES string of the molecule is CCOC(=O)CCN(CC(C)O)C(=O)c1cncc(Br)c1. The Balaban J connectivity index is 2.76.